The number of nitrogens with zero attached hydrogens (tertiary/aromatic N) is 4. The first-order chi connectivity index (χ1) is 17.7. The van der Waals surface area contributed by atoms with Gasteiger partial charge in [0.15, 0.2) is 5.65 Å². The van der Waals surface area contributed by atoms with Gasteiger partial charge in [0.25, 0.3) is 5.91 Å². The van der Waals surface area contributed by atoms with Crippen molar-refractivity contribution in [2.75, 3.05) is 7.11 Å². The molecular weight excluding hydrogens is 450 g/mol. The van der Waals surface area contributed by atoms with Gasteiger partial charge in [-0.1, -0.05) is 37.6 Å². The zero-order valence-electron chi connectivity index (χ0n) is 20.5. The van der Waals surface area contributed by atoms with Crippen LogP contribution in [0.4, 0.5) is 0 Å². The fourth-order valence-corrected chi connectivity index (χ4v) is 4.44. The van der Waals surface area contributed by atoms with Gasteiger partial charge in [0.05, 0.1) is 30.4 Å². The number of fused-ring (bicyclic) bond motifs is 1. The first-order valence-corrected chi connectivity index (χ1v) is 12.1. The SMILES string of the molecule is CCCc1ccnc2nc(CN(Cc3ccc(OC)cc3)C(=O)c3ccccc3-n3cccc3)[nH]c12. The van der Waals surface area contributed by atoms with E-state index in [9.17, 15) is 4.79 Å². The van der Waals surface area contributed by atoms with E-state index in [2.05, 4.69) is 16.9 Å². The highest BCUT2D eigenvalue weighted by Gasteiger charge is 2.22. The van der Waals surface area contributed by atoms with E-state index in [1.165, 1.54) is 5.56 Å². The second-order valence-corrected chi connectivity index (χ2v) is 8.72. The lowest BCUT2D eigenvalue weighted by Crippen LogP contribution is -2.31. The molecule has 0 saturated heterocycles. The highest BCUT2D eigenvalue weighted by atomic mass is 16.5. The van der Waals surface area contributed by atoms with Crippen molar-refractivity contribution in [3.05, 3.63) is 108 Å². The van der Waals surface area contributed by atoms with E-state index in [1.54, 1.807) is 13.3 Å². The molecule has 0 unspecified atom stereocenters. The summed E-state index contributed by atoms with van der Waals surface area (Å²) in [5.74, 6) is 1.42. The normalized spacial score (nSPS) is 11.1. The van der Waals surface area contributed by atoms with E-state index in [-0.39, 0.29) is 5.91 Å². The minimum Gasteiger partial charge on any atom is -0.497 e. The Kier molecular flexibility index (Phi) is 6.80. The second kappa shape index (κ2) is 10.5. The summed E-state index contributed by atoms with van der Waals surface area (Å²) in [7, 11) is 1.64. The van der Waals surface area contributed by atoms with Crippen molar-refractivity contribution in [2.45, 2.75) is 32.9 Å². The molecule has 7 heteroatoms. The number of carbonyl (C=O) groups excluding carboxylic acids is 1. The van der Waals surface area contributed by atoms with Crippen LogP contribution in [0.5, 0.6) is 5.75 Å². The maximum atomic E-state index is 14.0. The third-order valence-corrected chi connectivity index (χ3v) is 6.22. The van der Waals surface area contributed by atoms with Crippen molar-refractivity contribution in [2.24, 2.45) is 0 Å². The van der Waals surface area contributed by atoms with Crippen LogP contribution < -0.4 is 4.74 Å². The minimum atomic E-state index is -0.0719. The summed E-state index contributed by atoms with van der Waals surface area (Å²) in [5, 5.41) is 0. The van der Waals surface area contributed by atoms with Gasteiger partial charge in [0, 0.05) is 25.1 Å². The molecule has 182 valence electrons. The Bertz CT molecular complexity index is 1460. The fraction of sp³-hybridized carbons (Fsp3) is 0.207. The number of hydrogen-bond donors (Lipinski definition) is 1. The highest BCUT2D eigenvalue weighted by molar-refractivity contribution is 5.97. The van der Waals surface area contributed by atoms with Crippen LogP contribution in [0.1, 0.15) is 40.7 Å². The third kappa shape index (κ3) is 4.86. The number of aryl methyl sites for hydroxylation is 1. The Morgan fingerprint density at radius 1 is 1.00 bits per heavy atom. The molecule has 0 spiro atoms. The molecule has 2 aromatic carbocycles. The van der Waals surface area contributed by atoms with Gasteiger partial charge in [0.1, 0.15) is 11.6 Å². The van der Waals surface area contributed by atoms with E-state index >= 15 is 0 Å². The number of nitrogens with one attached hydrogen (secondary N) is 1. The summed E-state index contributed by atoms with van der Waals surface area (Å²) in [6.45, 7) is 2.91. The summed E-state index contributed by atoms with van der Waals surface area (Å²) in [6.07, 6.45) is 7.66. The first kappa shape index (κ1) is 23.4. The predicted molar refractivity (Wildman–Crippen MR) is 140 cm³/mol. The standard InChI is InChI=1S/C29H29N5O2/c1-3-8-22-15-16-30-28-27(22)31-26(32-28)20-34(19-21-11-13-23(36-2)14-12-21)29(35)24-9-4-5-10-25(24)33-17-6-7-18-33/h4-7,9-18H,3,8,19-20H2,1-2H3,(H,30,31,32). The van der Waals surface area contributed by atoms with Crippen LogP contribution in [0.15, 0.2) is 85.3 Å². The van der Waals surface area contributed by atoms with Crippen molar-refractivity contribution < 1.29 is 9.53 Å². The van der Waals surface area contributed by atoms with Crippen molar-refractivity contribution in [3.63, 3.8) is 0 Å². The van der Waals surface area contributed by atoms with Gasteiger partial charge >= 0.3 is 0 Å². The lowest BCUT2D eigenvalue weighted by molar-refractivity contribution is 0.0726. The molecule has 1 N–H and O–H groups in total. The Labute approximate surface area is 210 Å². The summed E-state index contributed by atoms with van der Waals surface area (Å²) in [4.78, 5) is 28.4. The molecule has 1 amide bonds. The van der Waals surface area contributed by atoms with Crippen LogP contribution in [0.2, 0.25) is 0 Å². The number of H-pyrrole nitrogens is 1. The van der Waals surface area contributed by atoms with Crippen molar-refractivity contribution in [3.8, 4) is 11.4 Å². The molecule has 0 bridgehead atoms. The number of para-hydroxylation sites is 1. The lowest BCUT2D eigenvalue weighted by Gasteiger charge is -2.23. The van der Waals surface area contributed by atoms with Crippen molar-refractivity contribution >= 4 is 17.1 Å². The molecule has 36 heavy (non-hydrogen) atoms. The Morgan fingerprint density at radius 3 is 2.53 bits per heavy atom. The average molecular weight is 480 g/mol. The van der Waals surface area contributed by atoms with Gasteiger partial charge in [-0.05, 0) is 60.0 Å². The quantitative estimate of drug-likeness (QED) is 0.301. The predicted octanol–water partition coefficient (Wildman–Crippen LogP) is 5.55. The number of carbonyl (C=O) groups is 1. The number of ether oxygens (including phenoxy) is 1. The molecule has 0 atom stereocenters. The summed E-state index contributed by atoms with van der Waals surface area (Å²) in [5.41, 5.74) is 5.28. The fourth-order valence-electron chi connectivity index (χ4n) is 4.44. The summed E-state index contributed by atoms with van der Waals surface area (Å²) >= 11 is 0. The number of aromatic nitrogens is 4. The largest absolute Gasteiger partial charge is 0.497 e. The number of amides is 1. The number of benzene rings is 2. The van der Waals surface area contributed by atoms with Crippen molar-refractivity contribution in [1.82, 2.24) is 24.4 Å². The van der Waals surface area contributed by atoms with Gasteiger partial charge in [-0.2, -0.15) is 0 Å². The molecule has 0 saturated carbocycles. The van der Waals surface area contributed by atoms with Crippen LogP contribution >= 0.6 is 0 Å². The van der Waals surface area contributed by atoms with Gasteiger partial charge in [-0.3, -0.25) is 4.79 Å². The van der Waals surface area contributed by atoms with Crippen LogP contribution in [0.25, 0.3) is 16.9 Å². The van der Waals surface area contributed by atoms with E-state index in [0.29, 0.717) is 30.1 Å². The third-order valence-electron chi connectivity index (χ3n) is 6.22. The number of imidazole rings is 1. The zero-order valence-corrected chi connectivity index (χ0v) is 20.5. The molecule has 0 aliphatic heterocycles. The number of pyridine rings is 1. The van der Waals surface area contributed by atoms with Crippen LogP contribution in [0, 0.1) is 0 Å². The number of rotatable bonds is 9. The topological polar surface area (TPSA) is 76.0 Å². The molecular formula is C29H29N5O2. The second-order valence-electron chi connectivity index (χ2n) is 8.72. The number of aromatic amines is 1. The first-order valence-electron chi connectivity index (χ1n) is 12.1. The van der Waals surface area contributed by atoms with Crippen LogP contribution in [-0.4, -0.2) is 37.4 Å². The number of methoxy groups -OCH3 is 1. The maximum absolute atomic E-state index is 14.0. The van der Waals surface area contributed by atoms with E-state index < -0.39 is 0 Å². The maximum Gasteiger partial charge on any atom is 0.256 e. The summed E-state index contributed by atoms with van der Waals surface area (Å²) in [6, 6.07) is 21.4. The zero-order chi connectivity index (χ0) is 24.9. The molecule has 5 aromatic rings. The Hall–Kier alpha value is -4.39. The molecule has 0 radical (unpaired) electrons. The minimum absolute atomic E-state index is 0.0719. The molecule has 0 aliphatic carbocycles. The molecule has 0 aliphatic rings. The van der Waals surface area contributed by atoms with Crippen molar-refractivity contribution in [1.29, 1.82) is 0 Å². The molecule has 7 nitrogen and oxygen atoms in total. The molecule has 3 aromatic heterocycles. The van der Waals surface area contributed by atoms with E-state index in [1.807, 2.05) is 88.6 Å². The van der Waals surface area contributed by atoms with Gasteiger partial charge < -0.3 is 19.2 Å². The van der Waals surface area contributed by atoms with E-state index in [4.69, 9.17) is 9.72 Å². The summed E-state index contributed by atoms with van der Waals surface area (Å²) < 4.78 is 7.26. The Balaban J connectivity index is 1.51. The molecule has 3 heterocycles. The highest BCUT2D eigenvalue weighted by Crippen LogP contribution is 2.22. The lowest BCUT2D eigenvalue weighted by atomic mass is 10.1. The smallest absolute Gasteiger partial charge is 0.256 e. The average Bonchev–Trinajstić information content (AvgIpc) is 3.59. The number of hydrogen-bond acceptors (Lipinski definition) is 4. The van der Waals surface area contributed by atoms with Gasteiger partial charge in [0.2, 0.25) is 0 Å². The Morgan fingerprint density at radius 2 is 1.78 bits per heavy atom. The molecule has 0 fully saturated rings. The molecule has 5 rings (SSSR count). The van der Waals surface area contributed by atoms with E-state index in [0.717, 1.165) is 35.4 Å². The van der Waals surface area contributed by atoms with Crippen LogP contribution in [0.3, 0.4) is 0 Å². The van der Waals surface area contributed by atoms with Gasteiger partial charge in [-0.15, -0.1) is 0 Å². The monoisotopic (exact) mass is 479 g/mol. The van der Waals surface area contributed by atoms with Gasteiger partial charge in [-0.25, -0.2) is 9.97 Å². The van der Waals surface area contributed by atoms with Crippen LogP contribution in [-0.2, 0) is 19.5 Å².